The van der Waals surface area contributed by atoms with Crippen molar-refractivity contribution in [3.63, 3.8) is 0 Å². The zero-order valence-corrected chi connectivity index (χ0v) is 8.44. The molecule has 0 aliphatic heterocycles. The molecule has 0 radical (unpaired) electrons. The van der Waals surface area contributed by atoms with Gasteiger partial charge in [-0.05, 0) is 13.8 Å². The molecule has 2 unspecified atom stereocenters. The predicted molar refractivity (Wildman–Crippen MR) is 49.2 cm³/mol. The summed E-state index contributed by atoms with van der Waals surface area (Å²) < 4.78 is 4.78. The van der Waals surface area contributed by atoms with Gasteiger partial charge in [0.1, 0.15) is 0 Å². The number of hydrogen-bond acceptors (Lipinski definition) is 5. The Hall–Kier alpha value is -1.43. The van der Waals surface area contributed by atoms with Crippen molar-refractivity contribution < 1.29 is 9.32 Å². The van der Waals surface area contributed by atoms with Gasteiger partial charge in [-0.15, -0.1) is 0 Å². The van der Waals surface area contributed by atoms with Gasteiger partial charge in [0.05, 0.1) is 12.1 Å². The average molecular weight is 198 g/mol. The molecule has 0 aromatic carbocycles. The Morgan fingerprint density at radius 2 is 2.21 bits per heavy atom. The van der Waals surface area contributed by atoms with Crippen LogP contribution < -0.4 is 11.1 Å². The summed E-state index contributed by atoms with van der Waals surface area (Å²) in [5.74, 6) is 0.693. The van der Waals surface area contributed by atoms with Crippen LogP contribution in [0.25, 0.3) is 0 Å². The fourth-order valence-corrected chi connectivity index (χ4v) is 0.900. The third kappa shape index (κ3) is 2.53. The summed E-state index contributed by atoms with van der Waals surface area (Å²) in [5.41, 5.74) is 5.39. The summed E-state index contributed by atoms with van der Waals surface area (Å²) in [6.07, 6.45) is 0. The second-order valence-electron chi connectivity index (χ2n) is 3.19. The second kappa shape index (κ2) is 4.19. The molecular weight excluding hydrogens is 184 g/mol. The van der Waals surface area contributed by atoms with Crippen LogP contribution in [0.3, 0.4) is 0 Å². The Bertz CT molecular complexity index is 321. The Balaban J connectivity index is 2.59. The van der Waals surface area contributed by atoms with Crippen LogP contribution in [-0.4, -0.2) is 22.1 Å². The molecule has 0 saturated heterocycles. The predicted octanol–water partition coefficient (Wildman–Crippen LogP) is -0.0976. The molecule has 1 aromatic heterocycles. The number of hydrogen-bond donors (Lipinski definition) is 2. The maximum Gasteiger partial charge on any atom is 0.237 e. The van der Waals surface area contributed by atoms with Crippen LogP contribution in [0.15, 0.2) is 4.52 Å². The fourth-order valence-electron chi connectivity index (χ4n) is 0.900. The quantitative estimate of drug-likeness (QED) is 0.707. The SMILES string of the molecule is Cc1nc(C(C)NC(=O)C(C)N)no1. The highest BCUT2D eigenvalue weighted by atomic mass is 16.5. The monoisotopic (exact) mass is 198 g/mol. The normalized spacial score (nSPS) is 14.9. The molecule has 1 amide bonds. The minimum atomic E-state index is -0.537. The molecular formula is C8H14N4O2. The molecule has 1 rings (SSSR count). The molecule has 0 fully saturated rings. The van der Waals surface area contributed by atoms with Crippen molar-refractivity contribution in [3.8, 4) is 0 Å². The van der Waals surface area contributed by atoms with Gasteiger partial charge in [0.25, 0.3) is 0 Å². The molecule has 0 aliphatic rings. The number of nitrogens with one attached hydrogen (secondary N) is 1. The van der Waals surface area contributed by atoms with E-state index < -0.39 is 6.04 Å². The Morgan fingerprint density at radius 1 is 1.57 bits per heavy atom. The molecule has 1 aromatic rings. The van der Waals surface area contributed by atoms with Gasteiger partial charge in [0, 0.05) is 6.92 Å². The number of rotatable bonds is 3. The number of amides is 1. The van der Waals surface area contributed by atoms with Crippen molar-refractivity contribution in [1.29, 1.82) is 0 Å². The van der Waals surface area contributed by atoms with Gasteiger partial charge in [-0.1, -0.05) is 5.16 Å². The van der Waals surface area contributed by atoms with Crippen molar-refractivity contribution in [2.75, 3.05) is 0 Å². The van der Waals surface area contributed by atoms with Crippen molar-refractivity contribution in [1.82, 2.24) is 15.5 Å². The lowest BCUT2D eigenvalue weighted by atomic mass is 10.2. The molecule has 78 valence electrons. The number of carbonyl (C=O) groups excluding carboxylic acids is 1. The van der Waals surface area contributed by atoms with Gasteiger partial charge in [0.2, 0.25) is 11.8 Å². The summed E-state index contributed by atoms with van der Waals surface area (Å²) in [6, 6.07) is -0.823. The third-order valence-corrected chi connectivity index (χ3v) is 1.70. The van der Waals surface area contributed by atoms with E-state index in [1.807, 2.05) is 0 Å². The van der Waals surface area contributed by atoms with E-state index in [0.717, 1.165) is 0 Å². The number of aryl methyl sites for hydroxylation is 1. The van der Waals surface area contributed by atoms with Crippen molar-refractivity contribution in [2.45, 2.75) is 32.9 Å². The lowest BCUT2D eigenvalue weighted by Gasteiger charge is -2.11. The van der Waals surface area contributed by atoms with Crippen LogP contribution in [0.4, 0.5) is 0 Å². The van der Waals surface area contributed by atoms with Crippen LogP contribution in [0.2, 0.25) is 0 Å². The Morgan fingerprint density at radius 3 is 2.64 bits per heavy atom. The van der Waals surface area contributed by atoms with Crippen LogP contribution in [0, 0.1) is 6.92 Å². The molecule has 0 bridgehead atoms. The van der Waals surface area contributed by atoms with E-state index in [4.69, 9.17) is 10.3 Å². The lowest BCUT2D eigenvalue weighted by molar-refractivity contribution is -0.122. The number of aromatic nitrogens is 2. The second-order valence-corrected chi connectivity index (χ2v) is 3.19. The van der Waals surface area contributed by atoms with E-state index in [-0.39, 0.29) is 11.9 Å². The topological polar surface area (TPSA) is 94.0 Å². The smallest absolute Gasteiger partial charge is 0.237 e. The van der Waals surface area contributed by atoms with E-state index >= 15 is 0 Å². The first kappa shape index (κ1) is 10.6. The molecule has 1 heterocycles. The molecule has 0 saturated carbocycles. The Labute approximate surface area is 81.9 Å². The van der Waals surface area contributed by atoms with Gasteiger partial charge >= 0.3 is 0 Å². The first-order chi connectivity index (χ1) is 6.50. The number of nitrogens with zero attached hydrogens (tertiary/aromatic N) is 2. The van der Waals surface area contributed by atoms with Crippen molar-refractivity contribution in [3.05, 3.63) is 11.7 Å². The molecule has 6 nitrogen and oxygen atoms in total. The first-order valence-electron chi connectivity index (χ1n) is 4.37. The molecule has 14 heavy (non-hydrogen) atoms. The van der Waals surface area contributed by atoms with E-state index in [9.17, 15) is 4.79 Å². The summed E-state index contributed by atoms with van der Waals surface area (Å²) in [7, 11) is 0. The zero-order chi connectivity index (χ0) is 10.7. The highest BCUT2D eigenvalue weighted by Crippen LogP contribution is 2.07. The summed E-state index contributed by atoms with van der Waals surface area (Å²) >= 11 is 0. The number of nitrogens with two attached hydrogens (primary N) is 1. The molecule has 0 spiro atoms. The highest BCUT2D eigenvalue weighted by molar-refractivity contribution is 5.81. The zero-order valence-electron chi connectivity index (χ0n) is 8.44. The maximum atomic E-state index is 11.2. The van der Waals surface area contributed by atoms with Crippen LogP contribution >= 0.6 is 0 Å². The number of carbonyl (C=O) groups is 1. The van der Waals surface area contributed by atoms with Gasteiger partial charge < -0.3 is 15.6 Å². The summed E-state index contributed by atoms with van der Waals surface area (Å²) in [5, 5.41) is 6.35. The fraction of sp³-hybridized carbons (Fsp3) is 0.625. The summed E-state index contributed by atoms with van der Waals surface area (Å²) in [6.45, 7) is 5.07. The third-order valence-electron chi connectivity index (χ3n) is 1.70. The lowest BCUT2D eigenvalue weighted by Crippen LogP contribution is -2.39. The van der Waals surface area contributed by atoms with Gasteiger partial charge in [-0.25, -0.2) is 0 Å². The molecule has 2 atom stereocenters. The van der Waals surface area contributed by atoms with Gasteiger partial charge in [-0.2, -0.15) is 4.98 Å². The Kier molecular flexibility index (Phi) is 3.19. The van der Waals surface area contributed by atoms with E-state index in [0.29, 0.717) is 11.7 Å². The standard InChI is InChI=1S/C8H14N4O2/c1-4(9)8(13)10-5(2)7-11-6(3)14-12-7/h4-5H,9H2,1-3H3,(H,10,13). The highest BCUT2D eigenvalue weighted by Gasteiger charge is 2.16. The van der Waals surface area contributed by atoms with Crippen molar-refractivity contribution >= 4 is 5.91 Å². The van der Waals surface area contributed by atoms with Crippen LogP contribution in [0.1, 0.15) is 31.6 Å². The molecule has 6 heteroatoms. The molecule has 0 aliphatic carbocycles. The maximum absolute atomic E-state index is 11.2. The minimum absolute atomic E-state index is 0.236. The van der Waals surface area contributed by atoms with Crippen molar-refractivity contribution in [2.24, 2.45) is 5.73 Å². The van der Waals surface area contributed by atoms with Gasteiger partial charge in [-0.3, -0.25) is 4.79 Å². The van der Waals surface area contributed by atoms with Crippen LogP contribution in [0.5, 0.6) is 0 Å². The summed E-state index contributed by atoms with van der Waals surface area (Å²) in [4.78, 5) is 15.2. The first-order valence-corrected chi connectivity index (χ1v) is 4.37. The molecule has 3 N–H and O–H groups in total. The van der Waals surface area contributed by atoms with Gasteiger partial charge in [0.15, 0.2) is 5.82 Å². The average Bonchev–Trinajstić information content (AvgIpc) is 2.51. The van der Waals surface area contributed by atoms with E-state index in [2.05, 4.69) is 15.5 Å². The largest absolute Gasteiger partial charge is 0.345 e. The van der Waals surface area contributed by atoms with Crippen LogP contribution in [-0.2, 0) is 4.79 Å². The minimum Gasteiger partial charge on any atom is -0.345 e. The van der Waals surface area contributed by atoms with E-state index in [1.165, 1.54) is 0 Å². The van der Waals surface area contributed by atoms with E-state index in [1.54, 1.807) is 20.8 Å².